The van der Waals surface area contributed by atoms with Gasteiger partial charge in [0.25, 0.3) is 0 Å². The summed E-state index contributed by atoms with van der Waals surface area (Å²) in [5.41, 5.74) is 0. The summed E-state index contributed by atoms with van der Waals surface area (Å²) in [5.74, 6) is 1.73. The second-order valence-electron chi connectivity index (χ2n) is 4.74. The molecule has 14 heavy (non-hydrogen) atoms. The molecule has 3 nitrogen and oxygen atoms in total. The van der Waals surface area contributed by atoms with Crippen LogP contribution in [0.2, 0.25) is 0 Å². The van der Waals surface area contributed by atoms with Gasteiger partial charge in [-0.3, -0.25) is 5.41 Å². The number of nitrogens with one attached hydrogen (secondary N) is 1. The number of piperazine rings is 1. The summed E-state index contributed by atoms with van der Waals surface area (Å²) in [6.45, 7) is 4.35. The van der Waals surface area contributed by atoms with E-state index < -0.39 is 0 Å². The third-order valence-electron chi connectivity index (χ3n) is 3.59. The summed E-state index contributed by atoms with van der Waals surface area (Å²) in [6, 6.07) is 0. The van der Waals surface area contributed by atoms with Crippen LogP contribution >= 0.6 is 0 Å². The van der Waals surface area contributed by atoms with Crippen LogP contribution in [-0.2, 0) is 0 Å². The Morgan fingerprint density at radius 2 is 1.86 bits per heavy atom. The molecular weight excluding hydrogens is 174 g/mol. The standard InChI is InChI=1S/C11H21N3/c1-13-5-7-14(8-6-13)11(12)9-10-3-2-4-10/h10,12H,2-9H2,1H3. The SMILES string of the molecule is CN1CCN(C(=N)CC2CCC2)CC1. The van der Waals surface area contributed by atoms with Crippen molar-refractivity contribution in [2.24, 2.45) is 5.92 Å². The van der Waals surface area contributed by atoms with E-state index in [1.54, 1.807) is 0 Å². The zero-order valence-electron chi connectivity index (χ0n) is 9.13. The van der Waals surface area contributed by atoms with Gasteiger partial charge in [0.1, 0.15) is 0 Å². The summed E-state index contributed by atoms with van der Waals surface area (Å²) >= 11 is 0. The van der Waals surface area contributed by atoms with Crippen molar-refractivity contribution in [3.05, 3.63) is 0 Å². The van der Waals surface area contributed by atoms with Crippen molar-refractivity contribution < 1.29 is 0 Å². The van der Waals surface area contributed by atoms with Crippen LogP contribution in [0.4, 0.5) is 0 Å². The fourth-order valence-electron chi connectivity index (χ4n) is 2.18. The molecule has 3 heteroatoms. The molecule has 2 fully saturated rings. The molecular formula is C11H21N3. The van der Waals surface area contributed by atoms with Gasteiger partial charge in [0.15, 0.2) is 0 Å². The summed E-state index contributed by atoms with van der Waals surface area (Å²) < 4.78 is 0. The van der Waals surface area contributed by atoms with Crippen molar-refractivity contribution in [2.75, 3.05) is 33.2 Å². The van der Waals surface area contributed by atoms with Crippen molar-refractivity contribution in [1.29, 1.82) is 5.41 Å². The van der Waals surface area contributed by atoms with Crippen molar-refractivity contribution in [3.8, 4) is 0 Å². The van der Waals surface area contributed by atoms with E-state index in [0.29, 0.717) is 0 Å². The average molecular weight is 195 g/mol. The van der Waals surface area contributed by atoms with Crippen molar-refractivity contribution in [3.63, 3.8) is 0 Å². The molecule has 1 aliphatic heterocycles. The van der Waals surface area contributed by atoms with Gasteiger partial charge in [-0.25, -0.2) is 0 Å². The molecule has 0 amide bonds. The average Bonchev–Trinajstić information content (AvgIpc) is 2.12. The molecule has 0 aromatic rings. The predicted molar refractivity (Wildman–Crippen MR) is 58.8 cm³/mol. The molecule has 2 aliphatic rings. The van der Waals surface area contributed by atoms with E-state index in [0.717, 1.165) is 44.4 Å². The maximum atomic E-state index is 8.02. The summed E-state index contributed by atoms with van der Waals surface area (Å²) in [6.07, 6.45) is 5.14. The lowest BCUT2D eigenvalue weighted by atomic mass is 9.82. The normalized spacial score (nSPS) is 24.8. The Morgan fingerprint density at radius 3 is 2.36 bits per heavy atom. The van der Waals surface area contributed by atoms with E-state index in [4.69, 9.17) is 5.41 Å². The first kappa shape index (κ1) is 9.97. The predicted octanol–water partition coefficient (Wildman–Crippen LogP) is 1.40. The molecule has 2 rings (SSSR count). The minimum atomic E-state index is 0.835. The third-order valence-corrected chi connectivity index (χ3v) is 3.59. The molecule has 1 saturated heterocycles. The van der Waals surface area contributed by atoms with E-state index in [1.165, 1.54) is 19.3 Å². The minimum Gasteiger partial charge on any atom is -0.358 e. The van der Waals surface area contributed by atoms with Crippen molar-refractivity contribution in [2.45, 2.75) is 25.7 Å². The Labute approximate surface area is 86.6 Å². The van der Waals surface area contributed by atoms with Crippen LogP contribution in [-0.4, -0.2) is 48.9 Å². The van der Waals surface area contributed by atoms with E-state index in [2.05, 4.69) is 16.8 Å². The van der Waals surface area contributed by atoms with Gasteiger partial charge >= 0.3 is 0 Å². The fraction of sp³-hybridized carbons (Fsp3) is 0.909. The Hall–Kier alpha value is -0.570. The summed E-state index contributed by atoms with van der Waals surface area (Å²) in [4.78, 5) is 4.60. The van der Waals surface area contributed by atoms with Gasteiger partial charge in [0.05, 0.1) is 5.84 Å². The van der Waals surface area contributed by atoms with Crippen LogP contribution in [0.3, 0.4) is 0 Å². The molecule has 1 saturated carbocycles. The lowest BCUT2D eigenvalue weighted by molar-refractivity contribution is 0.207. The van der Waals surface area contributed by atoms with E-state index in [1.807, 2.05) is 0 Å². The Bertz CT molecular complexity index is 203. The highest BCUT2D eigenvalue weighted by Crippen LogP contribution is 2.30. The molecule has 0 spiro atoms. The summed E-state index contributed by atoms with van der Waals surface area (Å²) in [5, 5.41) is 8.02. The van der Waals surface area contributed by atoms with E-state index >= 15 is 0 Å². The monoisotopic (exact) mass is 195 g/mol. The Kier molecular flexibility index (Phi) is 3.06. The van der Waals surface area contributed by atoms with Gasteiger partial charge in [-0.1, -0.05) is 19.3 Å². The highest BCUT2D eigenvalue weighted by Gasteiger charge is 2.23. The van der Waals surface area contributed by atoms with Crippen LogP contribution in [0, 0.1) is 11.3 Å². The zero-order chi connectivity index (χ0) is 9.97. The molecule has 0 aromatic heterocycles. The summed E-state index contributed by atoms with van der Waals surface area (Å²) in [7, 11) is 2.16. The maximum absolute atomic E-state index is 8.02. The van der Waals surface area contributed by atoms with Crippen molar-refractivity contribution in [1.82, 2.24) is 9.80 Å². The van der Waals surface area contributed by atoms with Crippen molar-refractivity contribution >= 4 is 5.84 Å². The van der Waals surface area contributed by atoms with Gasteiger partial charge in [0.2, 0.25) is 0 Å². The number of likely N-dealkylation sites (N-methyl/N-ethyl adjacent to an activating group) is 1. The lowest BCUT2D eigenvalue weighted by Crippen LogP contribution is -2.47. The minimum absolute atomic E-state index is 0.835. The van der Waals surface area contributed by atoms with E-state index in [-0.39, 0.29) is 0 Å². The van der Waals surface area contributed by atoms with Crippen LogP contribution in [0.25, 0.3) is 0 Å². The molecule has 0 aromatic carbocycles. The van der Waals surface area contributed by atoms with Crippen LogP contribution < -0.4 is 0 Å². The zero-order valence-corrected chi connectivity index (χ0v) is 9.13. The molecule has 0 unspecified atom stereocenters. The largest absolute Gasteiger partial charge is 0.358 e. The smallest absolute Gasteiger partial charge is 0.0961 e. The first-order valence-electron chi connectivity index (χ1n) is 5.76. The highest BCUT2D eigenvalue weighted by atomic mass is 15.3. The molecule has 0 bridgehead atoms. The van der Waals surface area contributed by atoms with Crippen LogP contribution in [0.15, 0.2) is 0 Å². The first-order valence-corrected chi connectivity index (χ1v) is 5.76. The van der Waals surface area contributed by atoms with Crippen LogP contribution in [0.5, 0.6) is 0 Å². The van der Waals surface area contributed by atoms with Gasteiger partial charge in [-0.2, -0.15) is 0 Å². The van der Waals surface area contributed by atoms with Gasteiger partial charge in [-0.05, 0) is 13.0 Å². The number of amidine groups is 1. The molecule has 1 N–H and O–H groups in total. The third kappa shape index (κ3) is 2.27. The van der Waals surface area contributed by atoms with Gasteiger partial charge in [-0.15, -0.1) is 0 Å². The highest BCUT2D eigenvalue weighted by molar-refractivity contribution is 5.79. The molecule has 1 aliphatic carbocycles. The van der Waals surface area contributed by atoms with Gasteiger partial charge in [0, 0.05) is 32.6 Å². The Morgan fingerprint density at radius 1 is 1.21 bits per heavy atom. The maximum Gasteiger partial charge on any atom is 0.0961 e. The molecule has 1 heterocycles. The topological polar surface area (TPSA) is 30.3 Å². The number of hydrogen-bond donors (Lipinski definition) is 1. The lowest BCUT2D eigenvalue weighted by Gasteiger charge is -2.36. The second kappa shape index (κ2) is 4.30. The first-order chi connectivity index (χ1) is 6.75. The number of nitrogens with zero attached hydrogens (tertiary/aromatic N) is 2. The quantitative estimate of drug-likeness (QED) is 0.533. The molecule has 80 valence electrons. The number of rotatable bonds is 2. The van der Waals surface area contributed by atoms with Gasteiger partial charge < -0.3 is 9.80 Å². The Balaban J connectivity index is 1.74. The van der Waals surface area contributed by atoms with E-state index in [9.17, 15) is 0 Å². The molecule has 0 radical (unpaired) electrons. The van der Waals surface area contributed by atoms with Crippen LogP contribution in [0.1, 0.15) is 25.7 Å². The number of hydrogen-bond acceptors (Lipinski definition) is 2. The molecule has 0 atom stereocenters. The second-order valence-corrected chi connectivity index (χ2v) is 4.74. The fourth-order valence-corrected chi connectivity index (χ4v) is 2.18.